The molecule has 2 aromatic heterocycles. The predicted octanol–water partition coefficient (Wildman–Crippen LogP) is 2.99. The number of aliphatic hydroxyl groups excluding tert-OH is 1. The van der Waals surface area contributed by atoms with Crippen LogP contribution in [0.2, 0.25) is 0 Å². The van der Waals surface area contributed by atoms with Gasteiger partial charge in [-0.3, -0.25) is 14.5 Å². The first-order valence-corrected chi connectivity index (χ1v) is 14.0. The Morgan fingerprint density at radius 1 is 1.25 bits per heavy atom. The molecule has 3 N–H and O–H groups in total. The first-order valence-electron chi connectivity index (χ1n) is 13.2. The molecule has 2 aliphatic heterocycles. The van der Waals surface area contributed by atoms with Crippen molar-refractivity contribution in [1.29, 1.82) is 0 Å². The molecule has 3 aromatic rings. The summed E-state index contributed by atoms with van der Waals surface area (Å²) in [5.74, 6) is -0.562. The lowest BCUT2D eigenvalue weighted by molar-refractivity contribution is -0.133. The van der Waals surface area contributed by atoms with E-state index in [0.717, 1.165) is 28.3 Å². The number of nitrogens with zero attached hydrogens (tertiary/aromatic N) is 4. The molecule has 0 saturated carbocycles. The molecule has 1 saturated heterocycles. The quantitative estimate of drug-likeness (QED) is 0.402. The Labute approximate surface area is 237 Å². The number of rotatable bonds is 9. The summed E-state index contributed by atoms with van der Waals surface area (Å²) in [7, 11) is 1.60. The lowest BCUT2D eigenvalue weighted by Gasteiger charge is -2.48. The SMILES string of the molecule is COc1ccccc1[C@H](CN1c2sc(-n3cccn3)c(C)c2C(=O)N(C(C)(C)C(N)=O)C1O)OC1CCOCC1. The molecule has 0 radical (unpaired) electrons. The van der Waals surface area contributed by atoms with Crippen molar-refractivity contribution in [2.24, 2.45) is 5.73 Å². The summed E-state index contributed by atoms with van der Waals surface area (Å²) in [5, 5.41) is 17.4. The largest absolute Gasteiger partial charge is 0.496 e. The first-order chi connectivity index (χ1) is 19.1. The van der Waals surface area contributed by atoms with Crippen LogP contribution in [0.15, 0.2) is 42.7 Å². The van der Waals surface area contributed by atoms with E-state index in [-0.39, 0.29) is 12.6 Å². The van der Waals surface area contributed by atoms with E-state index < -0.39 is 29.8 Å². The number of carbonyl (C=O) groups is 2. The molecule has 0 aliphatic carbocycles. The fourth-order valence-electron chi connectivity index (χ4n) is 5.23. The van der Waals surface area contributed by atoms with E-state index in [0.29, 0.717) is 35.1 Å². The maximum atomic E-state index is 13.9. The molecular formula is C28H35N5O6S. The summed E-state index contributed by atoms with van der Waals surface area (Å²) < 4.78 is 19.6. The van der Waals surface area contributed by atoms with Gasteiger partial charge in [0.05, 0.1) is 25.3 Å². The number of carbonyl (C=O) groups excluding carboxylic acids is 2. The van der Waals surface area contributed by atoms with Crippen LogP contribution in [-0.2, 0) is 14.3 Å². The fourth-order valence-corrected chi connectivity index (χ4v) is 6.49. The van der Waals surface area contributed by atoms with Gasteiger partial charge in [-0.05, 0) is 45.7 Å². The van der Waals surface area contributed by atoms with E-state index in [2.05, 4.69) is 5.10 Å². The number of hydrogen-bond donors (Lipinski definition) is 2. The minimum absolute atomic E-state index is 0.0606. The number of aromatic nitrogens is 2. The van der Waals surface area contributed by atoms with E-state index in [9.17, 15) is 14.7 Å². The third-order valence-electron chi connectivity index (χ3n) is 7.60. The zero-order valence-corrected chi connectivity index (χ0v) is 23.9. The second-order valence-electron chi connectivity index (χ2n) is 10.4. The van der Waals surface area contributed by atoms with Gasteiger partial charge in [-0.2, -0.15) is 5.10 Å². The summed E-state index contributed by atoms with van der Waals surface area (Å²) in [5.41, 5.74) is 6.15. The molecule has 2 atom stereocenters. The molecule has 12 heteroatoms. The average Bonchev–Trinajstić information content (AvgIpc) is 3.59. The number of anilines is 1. The Balaban J connectivity index is 1.63. The third kappa shape index (κ3) is 4.96. The maximum Gasteiger partial charge on any atom is 0.261 e. The van der Waals surface area contributed by atoms with Gasteiger partial charge in [0.2, 0.25) is 12.3 Å². The van der Waals surface area contributed by atoms with Crippen molar-refractivity contribution in [2.45, 2.75) is 57.7 Å². The van der Waals surface area contributed by atoms with E-state index in [1.807, 2.05) is 31.2 Å². The van der Waals surface area contributed by atoms with Crippen molar-refractivity contribution in [3.63, 3.8) is 0 Å². The molecule has 2 amide bonds. The van der Waals surface area contributed by atoms with Crippen LogP contribution >= 0.6 is 11.3 Å². The number of amides is 2. The van der Waals surface area contributed by atoms with Crippen LogP contribution in [0.1, 0.15) is 54.3 Å². The number of para-hydroxylation sites is 1. The molecular weight excluding hydrogens is 534 g/mol. The summed E-state index contributed by atoms with van der Waals surface area (Å²) in [6, 6.07) is 9.40. The highest BCUT2D eigenvalue weighted by Gasteiger charge is 2.49. The number of methoxy groups -OCH3 is 1. The second kappa shape index (κ2) is 11.2. The number of ether oxygens (including phenoxy) is 3. The lowest BCUT2D eigenvalue weighted by Crippen LogP contribution is -2.66. The number of benzene rings is 1. The highest BCUT2D eigenvalue weighted by atomic mass is 32.1. The Morgan fingerprint density at radius 3 is 2.62 bits per heavy atom. The van der Waals surface area contributed by atoms with Crippen LogP contribution < -0.4 is 15.4 Å². The zero-order chi connectivity index (χ0) is 28.6. The molecule has 0 spiro atoms. The van der Waals surface area contributed by atoms with Gasteiger partial charge >= 0.3 is 0 Å². The summed E-state index contributed by atoms with van der Waals surface area (Å²) in [4.78, 5) is 29.3. The van der Waals surface area contributed by atoms with Gasteiger partial charge in [0, 0.05) is 36.7 Å². The van der Waals surface area contributed by atoms with Crippen LogP contribution in [0, 0.1) is 6.92 Å². The Kier molecular flexibility index (Phi) is 7.87. The molecule has 11 nitrogen and oxygen atoms in total. The van der Waals surface area contributed by atoms with Gasteiger partial charge in [-0.25, -0.2) is 4.68 Å². The molecule has 1 fully saturated rings. The summed E-state index contributed by atoms with van der Waals surface area (Å²) >= 11 is 1.35. The van der Waals surface area contributed by atoms with Crippen molar-refractivity contribution in [3.8, 4) is 10.8 Å². The summed E-state index contributed by atoms with van der Waals surface area (Å²) in [6.45, 7) is 6.28. The van der Waals surface area contributed by atoms with Gasteiger partial charge in [0.15, 0.2) is 0 Å². The van der Waals surface area contributed by atoms with Crippen LogP contribution in [-0.4, -0.2) is 76.5 Å². The Bertz CT molecular complexity index is 1370. The van der Waals surface area contributed by atoms with Gasteiger partial charge in [0.1, 0.15) is 27.4 Å². The maximum absolute atomic E-state index is 13.9. The normalized spacial score (nSPS) is 19.0. The van der Waals surface area contributed by atoms with Crippen LogP contribution in [0.25, 0.3) is 5.00 Å². The van der Waals surface area contributed by atoms with E-state index in [1.165, 1.54) is 25.2 Å². The predicted molar refractivity (Wildman–Crippen MR) is 150 cm³/mol. The van der Waals surface area contributed by atoms with Crippen molar-refractivity contribution >= 4 is 28.2 Å². The number of hydrogen-bond acceptors (Lipinski definition) is 9. The molecule has 1 aromatic carbocycles. The number of aliphatic hydroxyl groups is 1. The topological polar surface area (TPSA) is 132 Å². The lowest BCUT2D eigenvalue weighted by atomic mass is 9.98. The first kappa shape index (κ1) is 28.1. The van der Waals surface area contributed by atoms with Crippen molar-refractivity contribution in [2.75, 3.05) is 31.8 Å². The Morgan fingerprint density at radius 2 is 1.98 bits per heavy atom. The highest BCUT2D eigenvalue weighted by Crippen LogP contribution is 2.45. The fraction of sp³-hybridized carbons (Fsp3) is 0.464. The van der Waals surface area contributed by atoms with Gasteiger partial charge in [-0.1, -0.05) is 29.5 Å². The number of primary amides is 1. The standard InChI is InChI=1S/C28H35N5O6S/c1-17-22-23(34)33(28(2,3)26(29)35)27(36)31(25(22)40-24(17)32-13-7-12-30-32)16-21(39-18-10-14-38-15-11-18)19-8-5-6-9-20(19)37-4/h5-9,12-13,18,21,27,36H,10-11,14-16H2,1-4H3,(H2,29,35)/t21-,27?/m0/s1. The van der Waals surface area contributed by atoms with E-state index in [4.69, 9.17) is 19.9 Å². The smallest absolute Gasteiger partial charge is 0.261 e. The molecule has 2 aliphatic rings. The van der Waals surface area contributed by atoms with E-state index >= 15 is 0 Å². The molecule has 0 bridgehead atoms. The number of thiophene rings is 1. The van der Waals surface area contributed by atoms with Gasteiger partial charge < -0.3 is 30.0 Å². The van der Waals surface area contributed by atoms with Crippen LogP contribution in [0.5, 0.6) is 5.75 Å². The monoisotopic (exact) mass is 569 g/mol. The molecule has 4 heterocycles. The van der Waals surface area contributed by atoms with Crippen molar-refractivity contribution in [1.82, 2.24) is 14.7 Å². The highest BCUT2D eigenvalue weighted by molar-refractivity contribution is 7.19. The summed E-state index contributed by atoms with van der Waals surface area (Å²) in [6.07, 6.45) is 2.85. The minimum Gasteiger partial charge on any atom is -0.496 e. The molecule has 40 heavy (non-hydrogen) atoms. The van der Waals surface area contributed by atoms with Crippen molar-refractivity contribution < 1.29 is 28.9 Å². The van der Waals surface area contributed by atoms with Gasteiger partial charge in [0.25, 0.3) is 5.91 Å². The van der Waals surface area contributed by atoms with Crippen LogP contribution in [0.4, 0.5) is 5.00 Å². The second-order valence-corrected chi connectivity index (χ2v) is 11.4. The number of fused-ring (bicyclic) bond motifs is 1. The zero-order valence-electron chi connectivity index (χ0n) is 23.1. The Hall–Kier alpha value is -3.45. The third-order valence-corrected chi connectivity index (χ3v) is 8.92. The van der Waals surface area contributed by atoms with Crippen LogP contribution in [0.3, 0.4) is 0 Å². The minimum atomic E-state index is -1.48. The number of nitrogens with two attached hydrogens (primary N) is 1. The van der Waals surface area contributed by atoms with Gasteiger partial charge in [-0.15, -0.1) is 0 Å². The van der Waals surface area contributed by atoms with Crippen molar-refractivity contribution in [3.05, 3.63) is 59.4 Å². The molecule has 5 rings (SSSR count). The molecule has 214 valence electrons. The molecule has 1 unspecified atom stereocenters. The average molecular weight is 570 g/mol. The van der Waals surface area contributed by atoms with E-state index in [1.54, 1.807) is 35.2 Å².